The van der Waals surface area contributed by atoms with Crippen LogP contribution in [-0.4, -0.2) is 82.3 Å². The Morgan fingerprint density at radius 2 is 0.549 bits per heavy atom. The molecule has 0 saturated heterocycles. The molecule has 0 heterocycles. The summed E-state index contributed by atoms with van der Waals surface area (Å²) in [6.45, 7) is 4.83. The molecule has 0 aromatic rings. The highest BCUT2D eigenvalue weighted by atomic mass is 16.7. The first-order valence-electron chi connectivity index (χ1n) is 36.7. The molecule has 0 bridgehead atoms. The summed E-state index contributed by atoms with van der Waals surface area (Å²) in [4.78, 5) is 37.4. The zero-order valence-electron chi connectivity index (χ0n) is 55.9. The van der Waals surface area contributed by atoms with E-state index in [1.165, 1.54) is 327 Å². The van der Waals surface area contributed by atoms with Gasteiger partial charge >= 0.3 is 11.9 Å². The van der Waals surface area contributed by atoms with Gasteiger partial charge in [-0.25, -0.2) is 0 Å². The minimum Gasteiger partial charge on any atom is -0.545 e. The normalized spacial score (nSPS) is 12.5. The molecule has 0 aliphatic carbocycles. The SMILES string of the molecule is CCCCCCCCCCCCCCCCCCCCCCCCCCCCCCCCCCCCCCCCCCC(=O)OC(COC(=O)CCCCCCCCCCCCCCCCCCC)COC(OCC[N+](C)(C)C)C(=O)[O-]. The van der Waals surface area contributed by atoms with Gasteiger partial charge in [-0.2, -0.15) is 0 Å². The van der Waals surface area contributed by atoms with E-state index >= 15 is 0 Å². The number of carbonyl (C=O) groups excluding carboxylic acids is 3. The molecular formula is C73H143NO8. The second-order valence-corrected chi connectivity index (χ2v) is 26.6. The van der Waals surface area contributed by atoms with Crippen molar-refractivity contribution in [3.8, 4) is 0 Å². The van der Waals surface area contributed by atoms with Gasteiger partial charge in [0.25, 0.3) is 0 Å². The molecular weight excluding hydrogens is 1020 g/mol. The number of ether oxygens (including phenoxy) is 4. The number of nitrogens with zero attached hydrogens (tertiary/aromatic N) is 1. The van der Waals surface area contributed by atoms with E-state index in [2.05, 4.69) is 13.8 Å². The lowest BCUT2D eigenvalue weighted by Crippen LogP contribution is -2.44. The first kappa shape index (κ1) is 80.3. The molecule has 0 aliphatic rings. The predicted molar refractivity (Wildman–Crippen MR) is 348 cm³/mol. The molecule has 9 heteroatoms. The van der Waals surface area contributed by atoms with Crippen LogP contribution in [0.2, 0.25) is 0 Å². The Morgan fingerprint density at radius 1 is 0.317 bits per heavy atom. The van der Waals surface area contributed by atoms with Crippen molar-refractivity contribution in [2.75, 3.05) is 47.5 Å². The average molecular weight is 1160 g/mol. The van der Waals surface area contributed by atoms with Crippen LogP contribution in [0.25, 0.3) is 0 Å². The number of rotatable bonds is 70. The number of carboxylic acid groups (broad SMARTS) is 1. The number of carbonyl (C=O) groups is 3. The van der Waals surface area contributed by atoms with Crippen molar-refractivity contribution in [1.82, 2.24) is 0 Å². The van der Waals surface area contributed by atoms with E-state index in [0.717, 1.165) is 38.5 Å². The summed E-state index contributed by atoms with van der Waals surface area (Å²) >= 11 is 0. The highest BCUT2D eigenvalue weighted by Crippen LogP contribution is 2.20. The molecule has 0 aromatic carbocycles. The Kier molecular flexibility index (Phi) is 63.9. The predicted octanol–water partition coefficient (Wildman–Crippen LogP) is 21.3. The molecule has 0 fully saturated rings. The fourth-order valence-electron chi connectivity index (χ4n) is 11.5. The molecule has 0 aliphatic heterocycles. The summed E-state index contributed by atoms with van der Waals surface area (Å²) in [6, 6.07) is 0. The summed E-state index contributed by atoms with van der Waals surface area (Å²) in [5.74, 6) is -2.25. The summed E-state index contributed by atoms with van der Waals surface area (Å²) < 4.78 is 22.8. The molecule has 0 amide bonds. The molecule has 488 valence electrons. The van der Waals surface area contributed by atoms with Crippen molar-refractivity contribution in [2.45, 2.75) is 405 Å². The third-order valence-corrected chi connectivity index (χ3v) is 17.1. The molecule has 2 unspecified atom stereocenters. The van der Waals surface area contributed by atoms with Crippen LogP contribution in [0.15, 0.2) is 0 Å². The third-order valence-electron chi connectivity index (χ3n) is 17.1. The number of likely N-dealkylation sites (N-methyl/N-ethyl adjacent to an activating group) is 1. The topological polar surface area (TPSA) is 111 Å². The van der Waals surface area contributed by atoms with Gasteiger partial charge < -0.3 is 33.3 Å². The smallest absolute Gasteiger partial charge is 0.306 e. The fraction of sp³-hybridized carbons (Fsp3) is 0.959. The molecule has 2 atom stereocenters. The molecule has 0 aromatic heterocycles. The van der Waals surface area contributed by atoms with E-state index in [0.29, 0.717) is 17.4 Å². The Hall–Kier alpha value is -1.71. The summed E-state index contributed by atoms with van der Waals surface area (Å²) in [7, 11) is 5.95. The highest BCUT2D eigenvalue weighted by molar-refractivity contribution is 5.70. The first-order chi connectivity index (χ1) is 40.1. The van der Waals surface area contributed by atoms with Crippen LogP contribution in [0.4, 0.5) is 0 Å². The van der Waals surface area contributed by atoms with Crippen LogP contribution >= 0.6 is 0 Å². The number of quaternary nitrogens is 1. The quantitative estimate of drug-likeness (QED) is 0.0256. The number of aliphatic carboxylic acids is 1. The largest absolute Gasteiger partial charge is 0.545 e. The highest BCUT2D eigenvalue weighted by Gasteiger charge is 2.22. The Morgan fingerprint density at radius 3 is 0.780 bits per heavy atom. The monoisotopic (exact) mass is 1160 g/mol. The summed E-state index contributed by atoms with van der Waals surface area (Å²) in [5, 5.41) is 11.8. The number of hydrogen-bond acceptors (Lipinski definition) is 8. The summed E-state index contributed by atoms with van der Waals surface area (Å²) in [5.41, 5.74) is 0. The van der Waals surface area contributed by atoms with E-state index in [4.69, 9.17) is 18.9 Å². The van der Waals surface area contributed by atoms with Gasteiger partial charge in [0, 0.05) is 12.8 Å². The first-order valence-corrected chi connectivity index (χ1v) is 36.7. The van der Waals surface area contributed by atoms with Gasteiger partial charge in [0.15, 0.2) is 12.4 Å². The van der Waals surface area contributed by atoms with Crippen LogP contribution in [0, 0.1) is 0 Å². The lowest BCUT2D eigenvalue weighted by atomic mass is 10.0. The standard InChI is InChI=1S/C73H143NO8/c1-6-8-10-12-14-16-18-20-22-24-25-26-27-28-29-30-31-32-33-34-35-36-37-38-39-40-41-42-43-44-45-46-48-50-52-54-56-58-60-62-64-71(76)82-69(68-81-73(72(77)78)79-66-65-74(3,4)5)67-80-70(75)63-61-59-57-55-53-51-49-47-23-21-19-17-15-13-11-9-7-2/h69,73H,6-68H2,1-5H3. The van der Waals surface area contributed by atoms with Gasteiger partial charge in [-0.1, -0.05) is 367 Å². The molecule has 9 nitrogen and oxygen atoms in total. The van der Waals surface area contributed by atoms with Crippen molar-refractivity contribution in [2.24, 2.45) is 0 Å². The van der Waals surface area contributed by atoms with Crippen molar-refractivity contribution < 1.29 is 42.9 Å². The molecule has 82 heavy (non-hydrogen) atoms. The fourth-order valence-corrected chi connectivity index (χ4v) is 11.5. The zero-order chi connectivity index (χ0) is 59.8. The molecule has 0 radical (unpaired) electrons. The van der Waals surface area contributed by atoms with Gasteiger partial charge in [0.05, 0.1) is 40.3 Å². The summed E-state index contributed by atoms with van der Waals surface area (Å²) in [6.07, 6.45) is 75.1. The Balaban J connectivity index is 3.88. The minimum atomic E-state index is -1.62. The zero-order valence-corrected chi connectivity index (χ0v) is 55.9. The van der Waals surface area contributed by atoms with Gasteiger partial charge in [-0.15, -0.1) is 0 Å². The van der Waals surface area contributed by atoms with E-state index in [1.807, 2.05) is 21.1 Å². The van der Waals surface area contributed by atoms with Crippen LogP contribution in [-0.2, 0) is 33.3 Å². The van der Waals surface area contributed by atoms with E-state index in [-0.39, 0.29) is 32.2 Å². The van der Waals surface area contributed by atoms with Crippen LogP contribution in [0.1, 0.15) is 393 Å². The second kappa shape index (κ2) is 65.3. The maximum Gasteiger partial charge on any atom is 0.306 e. The van der Waals surface area contributed by atoms with Gasteiger partial charge in [0.1, 0.15) is 13.2 Å². The van der Waals surface area contributed by atoms with Gasteiger partial charge in [-0.05, 0) is 12.8 Å². The van der Waals surface area contributed by atoms with Crippen LogP contribution < -0.4 is 5.11 Å². The maximum absolute atomic E-state index is 12.9. The molecule has 0 rings (SSSR count). The van der Waals surface area contributed by atoms with Crippen molar-refractivity contribution in [1.29, 1.82) is 0 Å². The lowest BCUT2D eigenvalue weighted by molar-refractivity contribution is -0.870. The van der Waals surface area contributed by atoms with Gasteiger partial charge in [-0.3, -0.25) is 9.59 Å². The Bertz CT molecular complexity index is 1300. The van der Waals surface area contributed by atoms with E-state index < -0.39 is 24.3 Å². The maximum atomic E-state index is 12.9. The number of carboxylic acids is 1. The Labute approximate surface area is 511 Å². The van der Waals surface area contributed by atoms with E-state index in [1.54, 1.807) is 0 Å². The van der Waals surface area contributed by atoms with Crippen molar-refractivity contribution >= 4 is 17.9 Å². The van der Waals surface area contributed by atoms with Crippen molar-refractivity contribution in [3.63, 3.8) is 0 Å². The number of hydrogen-bond donors (Lipinski definition) is 0. The molecule has 0 saturated carbocycles. The minimum absolute atomic E-state index is 0.154. The van der Waals surface area contributed by atoms with Gasteiger partial charge in [0.2, 0.25) is 0 Å². The molecule has 0 N–H and O–H groups in total. The van der Waals surface area contributed by atoms with Crippen molar-refractivity contribution in [3.05, 3.63) is 0 Å². The number of esters is 2. The lowest BCUT2D eigenvalue weighted by Gasteiger charge is -2.26. The van der Waals surface area contributed by atoms with Crippen LogP contribution in [0.3, 0.4) is 0 Å². The van der Waals surface area contributed by atoms with E-state index in [9.17, 15) is 19.5 Å². The third kappa shape index (κ3) is 65.8. The van der Waals surface area contributed by atoms with Crippen LogP contribution in [0.5, 0.6) is 0 Å². The number of unbranched alkanes of at least 4 members (excludes halogenated alkanes) is 55. The average Bonchev–Trinajstić information content (AvgIpc) is 3.47. The molecule has 0 spiro atoms. The second-order valence-electron chi connectivity index (χ2n) is 26.6.